The highest BCUT2D eigenvalue weighted by Gasteiger charge is 2.10. The van der Waals surface area contributed by atoms with Gasteiger partial charge < -0.3 is 9.30 Å². The quantitative estimate of drug-likeness (QED) is 0.712. The summed E-state index contributed by atoms with van der Waals surface area (Å²) >= 11 is 1.76. The zero-order valence-electron chi connectivity index (χ0n) is 12.3. The van der Waals surface area contributed by atoms with E-state index in [0.29, 0.717) is 0 Å². The summed E-state index contributed by atoms with van der Waals surface area (Å²) in [7, 11) is 1.73. The Balaban J connectivity index is 1.98. The Morgan fingerprint density at radius 1 is 1.40 bits per heavy atom. The molecular weight excluding hydrogens is 270 g/mol. The summed E-state index contributed by atoms with van der Waals surface area (Å²) in [6, 6.07) is 2.20. The predicted molar refractivity (Wildman–Crippen MR) is 82.8 cm³/mol. The maximum atomic E-state index is 5.15. The van der Waals surface area contributed by atoms with Gasteiger partial charge in [0.2, 0.25) is 0 Å². The van der Waals surface area contributed by atoms with Crippen molar-refractivity contribution in [3.8, 4) is 0 Å². The molecule has 110 valence electrons. The second kappa shape index (κ2) is 8.19. The Morgan fingerprint density at radius 2 is 2.30 bits per heavy atom. The van der Waals surface area contributed by atoms with Crippen molar-refractivity contribution < 1.29 is 4.74 Å². The second-order valence-electron chi connectivity index (χ2n) is 4.91. The van der Waals surface area contributed by atoms with Crippen LogP contribution < -0.4 is 0 Å². The van der Waals surface area contributed by atoms with Gasteiger partial charge in [0.15, 0.2) is 0 Å². The molecular formula is C15H23N3OS. The van der Waals surface area contributed by atoms with Gasteiger partial charge in [-0.3, -0.25) is 4.90 Å². The van der Waals surface area contributed by atoms with Crippen LogP contribution in [0.3, 0.4) is 0 Å². The van der Waals surface area contributed by atoms with Crippen molar-refractivity contribution in [3.05, 3.63) is 40.6 Å². The first-order chi connectivity index (χ1) is 9.83. The summed E-state index contributed by atoms with van der Waals surface area (Å²) in [5.41, 5.74) is 2.65. The van der Waals surface area contributed by atoms with Crippen molar-refractivity contribution in [1.29, 1.82) is 0 Å². The van der Waals surface area contributed by atoms with E-state index in [-0.39, 0.29) is 0 Å². The van der Waals surface area contributed by atoms with Gasteiger partial charge in [-0.05, 0) is 35.4 Å². The van der Waals surface area contributed by atoms with E-state index in [4.69, 9.17) is 4.74 Å². The Hall–Kier alpha value is -1.17. The monoisotopic (exact) mass is 293 g/mol. The number of imidazole rings is 1. The second-order valence-corrected chi connectivity index (χ2v) is 5.69. The van der Waals surface area contributed by atoms with Crippen LogP contribution in [0.5, 0.6) is 0 Å². The summed E-state index contributed by atoms with van der Waals surface area (Å²) in [6.07, 6.45) is 5.02. The largest absolute Gasteiger partial charge is 0.383 e. The molecule has 0 aliphatic heterocycles. The predicted octanol–water partition coefficient (Wildman–Crippen LogP) is 3.00. The number of ether oxygens (including phenoxy) is 1. The fourth-order valence-corrected chi connectivity index (χ4v) is 2.93. The maximum Gasteiger partial charge on any atom is 0.0949 e. The standard InChI is InChI=1S/C15H23N3OS/c1-3-5-17(10-14-4-8-20-12-14)11-15-9-16-13-18(15)6-7-19-2/h4,8-9,12-13H,3,5-7,10-11H2,1-2H3. The van der Waals surface area contributed by atoms with Gasteiger partial charge >= 0.3 is 0 Å². The van der Waals surface area contributed by atoms with Crippen LogP contribution in [0.1, 0.15) is 24.6 Å². The normalized spacial score (nSPS) is 11.3. The first-order valence-corrected chi connectivity index (χ1v) is 7.99. The average molecular weight is 293 g/mol. The van der Waals surface area contributed by atoms with Crippen LogP contribution in [0.2, 0.25) is 0 Å². The molecule has 0 bridgehead atoms. The lowest BCUT2D eigenvalue weighted by Gasteiger charge is -2.21. The number of rotatable bonds is 9. The molecule has 2 rings (SSSR count). The van der Waals surface area contributed by atoms with Gasteiger partial charge in [0.05, 0.1) is 18.6 Å². The first kappa shape index (κ1) is 15.2. The molecule has 0 aromatic carbocycles. The van der Waals surface area contributed by atoms with Crippen molar-refractivity contribution in [2.24, 2.45) is 0 Å². The molecule has 2 aromatic rings. The number of thiophene rings is 1. The van der Waals surface area contributed by atoms with Crippen molar-refractivity contribution >= 4 is 11.3 Å². The first-order valence-electron chi connectivity index (χ1n) is 7.05. The molecule has 4 nitrogen and oxygen atoms in total. The van der Waals surface area contributed by atoms with Gasteiger partial charge in [-0.1, -0.05) is 6.92 Å². The van der Waals surface area contributed by atoms with E-state index in [0.717, 1.165) is 39.2 Å². The highest BCUT2D eigenvalue weighted by molar-refractivity contribution is 7.07. The topological polar surface area (TPSA) is 30.3 Å². The summed E-state index contributed by atoms with van der Waals surface area (Å²) in [5.74, 6) is 0. The minimum Gasteiger partial charge on any atom is -0.383 e. The van der Waals surface area contributed by atoms with Gasteiger partial charge in [-0.25, -0.2) is 4.98 Å². The SMILES string of the molecule is CCCN(Cc1ccsc1)Cc1cncn1CCOC. The third kappa shape index (κ3) is 4.44. The number of hydrogen-bond acceptors (Lipinski definition) is 4. The van der Waals surface area contributed by atoms with E-state index in [1.165, 1.54) is 11.3 Å². The minimum atomic E-state index is 0.724. The van der Waals surface area contributed by atoms with Crippen molar-refractivity contribution in [1.82, 2.24) is 14.5 Å². The Kier molecular flexibility index (Phi) is 6.24. The summed E-state index contributed by atoms with van der Waals surface area (Å²) in [4.78, 5) is 6.74. The average Bonchev–Trinajstić information content (AvgIpc) is 3.08. The van der Waals surface area contributed by atoms with Crippen LogP contribution >= 0.6 is 11.3 Å². The van der Waals surface area contributed by atoms with E-state index in [1.54, 1.807) is 18.4 Å². The molecule has 0 saturated heterocycles. The molecule has 0 saturated carbocycles. The lowest BCUT2D eigenvalue weighted by atomic mass is 10.2. The fourth-order valence-electron chi connectivity index (χ4n) is 2.27. The summed E-state index contributed by atoms with van der Waals surface area (Å²) in [5, 5.41) is 4.37. The number of methoxy groups -OCH3 is 1. The molecule has 0 spiro atoms. The van der Waals surface area contributed by atoms with Crippen molar-refractivity contribution in [2.75, 3.05) is 20.3 Å². The lowest BCUT2D eigenvalue weighted by molar-refractivity contribution is 0.183. The molecule has 2 aromatic heterocycles. The smallest absolute Gasteiger partial charge is 0.0949 e. The van der Waals surface area contributed by atoms with Crippen LogP contribution in [0.15, 0.2) is 29.4 Å². The summed E-state index contributed by atoms with van der Waals surface area (Å²) in [6.45, 7) is 6.86. The molecule has 5 heteroatoms. The molecule has 0 radical (unpaired) electrons. The van der Waals surface area contributed by atoms with E-state index in [2.05, 4.69) is 38.2 Å². The molecule has 0 amide bonds. The molecule has 0 fully saturated rings. The minimum absolute atomic E-state index is 0.724. The van der Waals surface area contributed by atoms with Gasteiger partial charge in [0.1, 0.15) is 0 Å². The van der Waals surface area contributed by atoms with Gasteiger partial charge in [0.25, 0.3) is 0 Å². The molecule has 20 heavy (non-hydrogen) atoms. The highest BCUT2D eigenvalue weighted by atomic mass is 32.1. The van der Waals surface area contributed by atoms with E-state index < -0.39 is 0 Å². The third-order valence-electron chi connectivity index (χ3n) is 3.25. The molecule has 0 aliphatic rings. The maximum absolute atomic E-state index is 5.15. The molecule has 0 unspecified atom stereocenters. The van der Waals surface area contributed by atoms with Crippen LogP contribution in [0.25, 0.3) is 0 Å². The zero-order chi connectivity index (χ0) is 14.2. The molecule has 0 atom stereocenters. The van der Waals surface area contributed by atoms with Gasteiger partial charge in [-0.15, -0.1) is 0 Å². The van der Waals surface area contributed by atoms with E-state index in [9.17, 15) is 0 Å². The van der Waals surface area contributed by atoms with Crippen LogP contribution in [-0.4, -0.2) is 34.7 Å². The Labute approximate surface area is 125 Å². The lowest BCUT2D eigenvalue weighted by Crippen LogP contribution is -2.25. The van der Waals surface area contributed by atoms with Crippen LogP contribution in [0.4, 0.5) is 0 Å². The number of nitrogens with zero attached hydrogens (tertiary/aromatic N) is 3. The third-order valence-corrected chi connectivity index (χ3v) is 3.98. The molecule has 2 heterocycles. The Bertz CT molecular complexity index is 481. The van der Waals surface area contributed by atoms with Gasteiger partial charge in [0, 0.05) is 32.9 Å². The summed E-state index contributed by atoms with van der Waals surface area (Å²) < 4.78 is 7.33. The number of hydrogen-bond donors (Lipinski definition) is 0. The Morgan fingerprint density at radius 3 is 3.00 bits per heavy atom. The van der Waals surface area contributed by atoms with E-state index >= 15 is 0 Å². The van der Waals surface area contributed by atoms with E-state index in [1.807, 2.05) is 12.5 Å². The van der Waals surface area contributed by atoms with Gasteiger partial charge in [-0.2, -0.15) is 11.3 Å². The zero-order valence-corrected chi connectivity index (χ0v) is 13.1. The fraction of sp³-hybridized carbons (Fsp3) is 0.533. The van der Waals surface area contributed by atoms with Crippen molar-refractivity contribution in [3.63, 3.8) is 0 Å². The highest BCUT2D eigenvalue weighted by Crippen LogP contribution is 2.13. The van der Waals surface area contributed by atoms with Crippen LogP contribution in [-0.2, 0) is 24.4 Å². The number of aromatic nitrogens is 2. The molecule has 0 N–H and O–H groups in total. The van der Waals surface area contributed by atoms with Crippen LogP contribution in [0, 0.1) is 0 Å². The van der Waals surface area contributed by atoms with Crippen molar-refractivity contribution in [2.45, 2.75) is 33.0 Å². The molecule has 0 aliphatic carbocycles.